The molecule has 0 fully saturated rings. The fraction of sp³-hybridized carbons (Fsp3) is 0.105. The number of hydrogen-bond donors (Lipinski definition) is 4. The van der Waals surface area contributed by atoms with E-state index in [0.29, 0.717) is 5.57 Å². The molecule has 0 bridgehead atoms. The van der Waals surface area contributed by atoms with Crippen molar-refractivity contribution in [3.63, 3.8) is 0 Å². The summed E-state index contributed by atoms with van der Waals surface area (Å²) in [6.07, 6.45) is 4.21. The smallest absolute Gasteiger partial charge is 0.339 e. The van der Waals surface area contributed by atoms with Gasteiger partial charge in [-0.3, -0.25) is 4.72 Å². The Kier molecular flexibility index (Phi) is 4.77. The summed E-state index contributed by atoms with van der Waals surface area (Å²) in [5, 5.41) is 29.4. The van der Waals surface area contributed by atoms with Gasteiger partial charge in [0.15, 0.2) is 0 Å². The Bertz CT molecular complexity index is 1040. The Morgan fingerprint density at radius 3 is 2.44 bits per heavy atom. The van der Waals surface area contributed by atoms with Crippen molar-refractivity contribution < 1.29 is 28.5 Å². The second-order valence-corrected chi connectivity index (χ2v) is 8.00. The molecule has 0 radical (unpaired) electrons. The second kappa shape index (κ2) is 6.90. The molecule has 1 aliphatic rings. The molecule has 1 atom stereocenters. The van der Waals surface area contributed by atoms with Gasteiger partial charge >= 0.3 is 5.97 Å². The fourth-order valence-electron chi connectivity index (χ4n) is 2.76. The number of rotatable bonds is 5. The predicted molar refractivity (Wildman–Crippen MR) is 101 cm³/mol. The van der Waals surface area contributed by atoms with Crippen molar-refractivity contribution in [2.24, 2.45) is 0 Å². The summed E-state index contributed by atoms with van der Waals surface area (Å²) >= 11 is 0. The molecule has 0 spiro atoms. The molecule has 0 saturated carbocycles. The van der Waals surface area contributed by atoms with Gasteiger partial charge in [-0.15, -0.1) is 0 Å². The zero-order chi connectivity index (χ0) is 19.7. The molecule has 2 aromatic rings. The summed E-state index contributed by atoms with van der Waals surface area (Å²) in [5.41, 5.74) is 1.02. The number of sulfonamides is 1. The average Bonchev–Trinajstić information content (AvgIpc) is 2.62. The third-order valence-corrected chi connectivity index (χ3v) is 5.90. The predicted octanol–water partition coefficient (Wildman–Crippen LogP) is 2.56. The number of hydrogen-bond acceptors (Lipinski definition) is 5. The van der Waals surface area contributed by atoms with E-state index in [2.05, 4.69) is 4.72 Å². The lowest BCUT2D eigenvalue weighted by Gasteiger charge is -2.28. The van der Waals surface area contributed by atoms with Gasteiger partial charge < -0.3 is 15.3 Å². The molecule has 7 nitrogen and oxygen atoms in total. The van der Waals surface area contributed by atoms with E-state index in [0.717, 1.165) is 17.7 Å². The topological polar surface area (TPSA) is 124 Å². The highest BCUT2D eigenvalue weighted by molar-refractivity contribution is 7.94. The van der Waals surface area contributed by atoms with Crippen LogP contribution in [0.2, 0.25) is 0 Å². The molecular formula is C19H17NO6S. The maximum absolute atomic E-state index is 12.7. The van der Waals surface area contributed by atoms with Crippen molar-refractivity contribution in [1.82, 2.24) is 0 Å². The third-order valence-electron chi connectivity index (χ3n) is 4.19. The number of aliphatic hydroxyl groups is 1. The number of nitrogens with one attached hydrogen (secondary N) is 1. The van der Waals surface area contributed by atoms with Gasteiger partial charge in [0.2, 0.25) is 4.93 Å². The summed E-state index contributed by atoms with van der Waals surface area (Å²) in [6, 6.07) is 12.3. The third kappa shape index (κ3) is 3.71. The van der Waals surface area contributed by atoms with Crippen molar-refractivity contribution in [1.29, 1.82) is 0 Å². The van der Waals surface area contributed by atoms with E-state index in [4.69, 9.17) is 5.11 Å². The van der Waals surface area contributed by atoms with Crippen LogP contribution in [0.3, 0.4) is 0 Å². The van der Waals surface area contributed by atoms with Crippen LogP contribution in [0.1, 0.15) is 22.3 Å². The van der Waals surface area contributed by atoms with Crippen LogP contribution in [-0.2, 0) is 10.0 Å². The molecule has 0 heterocycles. The van der Waals surface area contributed by atoms with Gasteiger partial charge in [0.05, 0.1) is 5.69 Å². The Balaban J connectivity index is 1.86. The zero-order valence-corrected chi connectivity index (χ0v) is 14.8. The summed E-state index contributed by atoms with van der Waals surface area (Å²) in [6.45, 7) is 0. The van der Waals surface area contributed by atoms with Crippen LogP contribution in [0.5, 0.6) is 5.75 Å². The number of benzene rings is 2. The highest BCUT2D eigenvalue weighted by Crippen LogP contribution is 2.35. The number of carboxylic acids is 1. The van der Waals surface area contributed by atoms with Gasteiger partial charge in [-0.05, 0) is 29.3 Å². The van der Waals surface area contributed by atoms with Gasteiger partial charge in [-0.2, -0.15) is 0 Å². The van der Waals surface area contributed by atoms with Crippen LogP contribution in [-0.4, -0.2) is 34.6 Å². The SMILES string of the molecule is O=C(O)c1ccc(NS(=O)(=O)C2(O)C=CC=C(c3ccccc3)C2)cc1O. The molecule has 27 heavy (non-hydrogen) atoms. The van der Waals surface area contributed by atoms with Crippen LogP contribution in [0, 0.1) is 0 Å². The number of aromatic hydroxyl groups is 1. The number of carbonyl (C=O) groups is 1. The van der Waals surface area contributed by atoms with Crippen LogP contribution in [0.15, 0.2) is 66.8 Å². The highest BCUT2D eigenvalue weighted by atomic mass is 32.2. The lowest BCUT2D eigenvalue weighted by Crippen LogP contribution is -2.41. The van der Waals surface area contributed by atoms with Gasteiger partial charge in [0.1, 0.15) is 11.3 Å². The normalized spacial score (nSPS) is 19.4. The minimum Gasteiger partial charge on any atom is -0.507 e. The van der Waals surface area contributed by atoms with Gasteiger partial charge in [0.25, 0.3) is 10.0 Å². The molecule has 0 aliphatic heterocycles. The van der Waals surface area contributed by atoms with Crippen LogP contribution in [0.4, 0.5) is 5.69 Å². The average molecular weight is 387 g/mol. The minimum absolute atomic E-state index is 0.0601. The first-order valence-corrected chi connectivity index (χ1v) is 9.45. The van der Waals surface area contributed by atoms with Crippen molar-refractivity contribution in [3.8, 4) is 5.75 Å². The Labute approximate surface area is 156 Å². The minimum atomic E-state index is -4.31. The molecule has 0 aromatic heterocycles. The number of anilines is 1. The van der Waals surface area contributed by atoms with Crippen LogP contribution >= 0.6 is 0 Å². The van der Waals surface area contributed by atoms with Crippen molar-refractivity contribution in [3.05, 3.63) is 77.9 Å². The Hall–Kier alpha value is -3.10. The van der Waals surface area contributed by atoms with E-state index in [9.17, 15) is 23.4 Å². The van der Waals surface area contributed by atoms with Gasteiger partial charge in [0, 0.05) is 12.5 Å². The summed E-state index contributed by atoms with van der Waals surface area (Å²) in [7, 11) is -4.31. The van der Waals surface area contributed by atoms with E-state index < -0.39 is 26.7 Å². The number of phenols is 1. The van der Waals surface area contributed by atoms with Gasteiger partial charge in [-0.25, -0.2) is 13.2 Å². The number of carboxylic acid groups (broad SMARTS) is 1. The van der Waals surface area contributed by atoms with Crippen molar-refractivity contribution in [2.75, 3.05) is 4.72 Å². The molecular weight excluding hydrogens is 370 g/mol. The van der Waals surface area contributed by atoms with E-state index in [1.54, 1.807) is 6.08 Å². The number of aromatic carboxylic acids is 1. The largest absolute Gasteiger partial charge is 0.507 e. The molecule has 1 aliphatic carbocycles. The maximum atomic E-state index is 12.7. The molecule has 0 amide bonds. The standard InChI is InChI=1S/C19H17NO6S/c21-17-11-15(8-9-16(17)18(22)23)20-27(25,26)19(24)10-4-7-14(12-19)13-5-2-1-3-6-13/h1-11,20-21,24H,12H2,(H,22,23). The Morgan fingerprint density at radius 2 is 1.81 bits per heavy atom. The van der Waals surface area contributed by atoms with Crippen LogP contribution in [0.25, 0.3) is 5.57 Å². The summed E-state index contributed by atoms with van der Waals surface area (Å²) < 4.78 is 27.7. The molecule has 0 saturated heterocycles. The first-order chi connectivity index (χ1) is 12.7. The lowest BCUT2D eigenvalue weighted by molar-refractivity contribution is 0.0693. The fourth-order valence-corrected chi connectivity index (χ4v) is 3.98. The van der Waals surface area contributed by atoms with Crippen molar-refractivity contribution >= 4 is 27.3 Å². The first-order valence-electron chi connectivity index (χ1n) is 7.97. The Morgan fingerprint density at radius 1 is 1.11 bits per heavy atom. The monoisotopic (exact) mass is 387 g/mol. The molecule has 2 aromatic carbocycles. The first kappa shape index (κ1) is 18.7. The van der Waals surface area contributed by atoms with Crippen molar-refractivity contribution in [2.45, 2.75) is 11.4 Å². The maximum Gasteiger partial charge on any atom is 0.339 e. The quantitative estimate of drug-likeness (QED) is 0.625. The molecule has 3 rings (SSSR count). The van der Waals surface area contributed by atoms with E-state index >= 15 is 0 Å². The summed E-state index contributed by atoms with van der Waals surface area (Å²) in [5.74, 6) is -1.92. The summed E-state index contributed by atoms with van der Waals surface area (Å²) in [4.78, 5) is 8.73. The highest BCUT2D eigenvalue weighted by Gasteiger charge is 2.41. The molecule has 8 heteroatoms. The zero-order valence-electron chi connectivity index (χ0n) is 14.0. The van der Waals surface area contributed by atoms with E-state index in [-0.39, 0.29) is 17.7 Å². The van der Waals surface area contributed by atoms with Crippen LogP contribution < -0.4 is 4.72 Å². The lowest BCUT2D eigenvalue weighted by atomic mass is 9.95. The molecule has 140 valence electrons. The second-order valence-electron chi connectivity index (χ2n) is 6.08. The van der Waals surface area contributed by atoms with Gasteiger partial charge in [-0.1, -0.05) is 42.5 Å². The molecule has 4 N–H and O–H groups in total. The van der Waals surface area contributed by atoms with E-state index in [1.165, 1.54) is 18.2 Å². The van der Waals surface area contributed by atoms with E-state index in [1.807, 2.05) is 30.3 Å². The molecule has 1 unspecified atom stereocenters. The number of allylic oxidation sites excluding steroid dienone is 2.